The van der Waals surface area contributed by atoms with Crippen molar-refractivity contribution in [3.8, 4) is 0 Å². The molecule has 68 valence electrons. The maximum Gasteiger partial charge on any atom is 0.343 e. The van der Waals surface area contributed by atoms with Crippen LogP contribution in [0.1, 0.15) is 27.7 Å². The second kappa shape index (κ2) is 5.94. The first-order chi connectivity index (χ1) is 4.81. The van der Waals surface area contributed by atoms with E-state index in [4.69, 9.17) is 0 Å². The summed E-state index contributed by atoms with van der Waals surface area (Å²) in [4.78, 5) is 9.71. The van der Waals surface area contributed by atoms with Crippen molar-refractivity contribution in [1.29, 1.82) is 0 Å². The summed E-state index contributed by atoms with van der Waals surface area (Å²) >= 11 is 0. The number of nitrogens with two attached hydrogens (primary N) is 2. The van der Waals surface area contributed by atoms with Crippen LogP contribution in [0.5, 0.6) is 0 Å². The van der Waals surface area contributed by atoms with E-state index in [2.05, 4.69) is 39.4 Å². The molecule has 0 unspecified atom stereocenters. The maximum atomic E-state index is 9.71. The van der Waals surface area contributed by atoms with Crippen LogP contribution in [-0.4, -0.2) is 6.03 Å². The summed E-state index contributed by atoms with van der Waals surface area (Å²) in [5, 5.41) is 0. The van der Waals surface area contributed by atoms with Crippen molar-refractivity contribution in [3.63, 3.8) is 0 Å². The van der Waals surface area contributed by atoms with Gasteiger partial charge in [0, 0.05) is 0 Å². The Morgan fingerprint density at radius 3 is 1.27 bits per heavy atom. The highest BCUT2D eigenvalue weighted by Crippen LogP contribution is 2.07. The molecular weight excluding hydrogens is 144 g/mol. The summed E-state index contributed by atoms with van der Waals surface area (Å²) in [6.07, 6.45) is 0. The summed E-state index contributed by atoms with van der Waals surface area (Å²) in [7, 11) is 0. The van der Waals surface area contributed by atoms with E-state index in [0.717, 1.165) is 0 Å². The smallest absolute Gasteiger partial charge is 0.275 e. The number of hydrogen-bond acceptors (Lipinski definition) is 3. The molecule has 0 spiro atoms. The van der Waals surface area contributed by atoms with Gasteiger partial charge in [0.05, 0.1) is 0 Å². The zero-order chi connectivity index (χ0) is 9.49. The molecule has 0 atom stereocenters. The van der Waals surface area contributed by atoms with Crippen molar-refractivity contribution in [3.05, 3.63) is 0 Å². The third-order valence-electron chi connectivity index (χ3n) is 0.262. The predicted octanol–water partition coefficient (Wildman–Crippen LogP) is 0.0854. The molecule has 0 heterocycles. The van der Waals surface area contributed by atoms with E-state index in [0.29, 0.717) is 5.41 Å². The van der Waals surface area contributed by atoms with Crippen LogP contribution in [0.4, 0.5) is 4.79 Å². The number of hydrogen-bond donors (Lipinski definition) is 4. The third-order valence-corrected chi connectivity index (χ3v) is 0.262. The van der Waals surface area contributed by atoms with Crippen LogP contribution in [0.15, 0.2) is 0 Å². The lowest BCUT2D eigenvalue weighted by atomic mass is 10.0. The van der Waals surface area contributed by atoms with Crippen LogP contribution in [0.25, 0.3) is 0 Å². The summed E-state index contributed by atoms with van der Waals surface area (Å²) in [6.45, 7) is 8.75. The summed E-state index contributed by atoms with van der Waals surface area (Å²) < 4.78 is 0. The third kappa shape index (κ3) is 46.7. The monoisotopic (exact) mass is 162 g/mol. The topological polar surface area (TPSA) is 93.2 Å². The van der Waals surface area contributed by atoms with Gasteiger partial charge in [-0.05, 0) is 5.41 Å². The first kappa shape index (κ1) is 12.8. The molecule has 0 fully saturated rings. The molecular formula is C6H18N4O. The Hall–Kier alpha value is -0.810. The minimum Gasteiger partial charge on any atom is -0.275 e. The first-order valence-corrected chi connectivity index (χ1v) is 3.28. The van der Waals surface area contributed by atoms with Crippen LogP contribution in [0.3, 0.4) is 0 Å². The van der Waals surface area contributed by atoms with Gasteiger partial charge in [0.2, 0.25) is 0 Å². The molecule has 0 aliphatic heterocycles. The van der Waals surface area contributed by atoms with Crippen molar-refractivity contribution in [2.24, 2.45) is 17.1 Å². The Balaban J connectivity index is 0. The van der Waals surface area contributed by atoms with Gasteiger partial charge in [0.1, 0.15) is 0 Å². The first-order valence-electron chi connectivity index (χ1n) is 3.28. The Morgan fingerprint density at radius 2 is 1.27 bits per heavy atom. The lowest BCUT2D eigenvalue weighted by Gasteiger charge is -2.05. The fourth-order valence-electron chi connectivity index (χ4n) is 0.0417. The van der Waals surface area contributed by atoms with Crippen molar-refractivity contribution in [2.75, 3.05) is 0 Å². The molecule has 0 radical (unpaired) electrons. The Labute approximate surface area is 67.5 Å². The zero-order valence-electron chi connectivity index (χ0n) is 7.56. The van der Waals surface area contributed by atoms with Gasteiger partial charge in [-0.3, -0.25) is 10.9 Å². The number of amides is 2. The largest absolute Gasteiger partial charge is 0.343 e. The quantitative estimate of drug-likeness (QED) is 0.231. The van der Waals surface area contributed by atoms with E-state index in [1.165, 1.54) is 0 Å². The van der Waals surface area contributed by atoms with Crippen LogP contribution in [0.2, 0.25) is 0 Å². The number of hydrazine groups is 2. The number of carbonyl (C=O) groups excluding carboxylic acids is 1. The predicted molar refractivity (Wildman–Crippen MR) is 45.2 cm³/mol. The number of carbonyl (C=O) groups is 1. The van der Waals surface area contributed by atoms with Crippen molar-refractivity contribution >= 4 is 6.03 Å². The number of rotatable bonds is 0. The molecule has 0 saturated carbocycles. The van der Waals surface area contributed by atoms with Crippen LogP contribution < -0.4 is 22.5 Å². The molecule has 2 amide bonds. The lowest BCUT2D eigenvalue weighted by Crippen LogP contribution is -2.43. The number of nitrogens with one attached hydrogen (secondary N) is 2. The van der Waals surface area contributed by atoms with E-state index >= 15 is 0 Å². The van der Waals surface area contributed by atoms with Crippen molar-refractivity contribution in [2.45, 2.75) is 27.7 Å². The SMILES string of the molecule is CC(C)(C)C.NNC(=O)NN. The highest BCUT2D eigenvalue weighted by molar-refractivity contribution is 5.72. The maximum absolute atomic E-state index is 9.71. The number of urea groups is 1. The molecule has 0 bridgehead atoms. The van der Waals surface area contributed by atoms with Gasteiger partial charge in [-0.2, -0.15) is 0 Å². The highest BCUT2D eigenvalue weighted by atomic mass is 16.2. The molecule has 5 nitrogen and oxygen atoms in total. The summed E-state index contributed by atoms with van der Waals surface area (Å²) in [5.74, 6) is 9.08. The molecule has 11 heavy (non-hydrogen) atoms. The molecule has 0 saturated heterocycles. The zero-order valence-corrected chi connectivity index (χ0v) is 7.56. The standard InChI is InChI=1S/C5H12.CH6N4O/c1-5(2,3)4;2-4-1(6)5-3/h1-4H3;2-3H2,(H2,4,5,6). The molecule has 0 rings (SSSR count). The Morgan fingerprint density at radius 1 is 1.09 bits per heavy atom. The molecule has 0 aromatic carbocycles. The molecule has 0 aliphatic carbocycles. The van der Waals surface area contributed by atoms with Gasteiger partial charge < -0.3 is 0 Å². The fraction of sp³-hybridized carbons (Fsp3) is 0.833. The summed E-state index contributed by atoms with van der Waals surface area (Å²) in [5.41, 5.74) is 3.98. The Kier molecular flexibility index (Phi) is 6.92. The van der Waals surface area contributed by atoms with Crippen LogP contribution in [0, 0.1) is 5.41 Å². The molecule has 5 heteroatoms. The van der Waals surface area contributed by atoms with E-state index in [9.17, 15) is 4.79 Å². The van der Waals surface area contributed by atoms with E-state index in [1.807, 2.05) is 0 Å². The van der Waals surface area contributed by atoms with Gasteiger partial charge in [-0.15, -0.1) is 0 Å². The van der Waals surface area contributed by atoms with Gasteiger partial charge in [-0.1, -0.05) is 27.7 Å². The van der Waals surface area contributed by atoms with Crippen LogP contribution in [-0.2, 0) is 0 Å². The molecule has 0 aromatic heterocycles. The van der Waals surface area contributed by atoms with Crippen LogP contribution >= 0.6 is 0 Å². The van der Waals surface area contributed by atoms with Crippen molar-refractivity contribution in [1.82, 2.24) is 10.9 Å². The van der Waals surface area contributed by atoms with Gasteiger partial charge in [0.25, 0.3) is 0 Å². The second-order valence-electron chi connectivity index (χ2n) is 3.62. The molecule has 6 N–H and O–H groups in total. The second-order valence-corrected chi connectivity index (χ2v) is 3.62. The Bertz CT molecular complexity index is 95.6. The summed E-state index contributed by atoms with van der Waals surface area (Å²) in [6, 6.07) is -0.602. The van der Waals surface area contributed by atoms with E-state index in [1.54, 1.807) is 10.9 Å². The van der Waals surface area contributed by atoms with E-state index in [-0.39, 0.29) is 0 Å². The minimum absolute atomic E-state index is 0.500. The molecule has 0 aromatic rings. The highest BCUT2D eigenvalue weighted by Gasteiger charge is 1.95. The van der Waals surface area contributed by atoms with Gasteiger partial charge >= 0.3 is 6.03 Å². The normalized spacial score (nSPS) is 9.27. The van der Waals surface area contributed by atoms with Gasteiger partial charge in [-0.25, -0.2) is 16.5 Å². The molecule has 0 aliphatic rings. The fourth-order valence-corrected chi connectivity index (χ4v) is 0.0417. The average Bonchev–Trinajstić information content (AvgIpc) is 1.83. The minimum atomic E-state index is -0.602. The van der Waals surface area contributed by atoms with E-state index < -0.39 is 6.03 Å². The van der Waals surface area contributed by atoms with Crippen molar-refractivity contribution < 1.29 is 4.79 Å². The average molecular weight is 162 g/mol. The lowest BCUT2D eigenvalue weighted by molar-refractivity contribution is 0.241. The van der Waals surface area contributed by atoms with Gasteiger partial charge in [0.15, 0.2) is 0 Å².